The lowest BCUT2D eigenvalue weighted by molar-refractivity contribution is 0.0663. The van der Waals surface area contributed by atoms with Gasteiger partial charge in [-0.05, 0) is 30.7 Å². The van der Waals surface area contributed by atoms with E-state index < -0.39 is 15.9 Å². The Labute approximate surface area is 172 Å². The predicted molar refractivity (Wildman–Crippen MR) is 109 cm³/mol. The molecule has 1 aliphatic heterocycles. The second-order valence-electron chi connectivity index (χ2n) is 6.37. The Morgan fingerprint density at radius 2 is 2.04 bits per heavy atom. The zero-order valence-corrected chi connectivity index (χ0v) is 17.4. The number of aryl methyl sites for hydroxylation is 1. The van der Waals surface area contributed by atoms with Gasteiger partial charge in [0.25, 0.3) is 11.8 Å². The molecule has 3 rings (SSSR count). The fraction of sp³-hybridized carbons (Fsp3) is 0.333. The first kappa shape index (κ1) is 20.8. The summed E-state index contributed by atoms with van der Waals surface area (Å²) in [5.41, 5.74) is 1.05. The highest BCUT2D eigenvalue weighted by Crippen LogP contribution is 2.28. The molecule has 7 nitrogen and oxygen atoms in total. The van der Waals surface area contributed by atoms with E-state index in [2.05, 4.69) is 10.6 Å². The van der Waals surface area contributed by atoms with E-state index in [9.17, 15) is 18.0 Å². The average Bonchev–Trinajstić information content (AvgIpc) is 2.99. The predicted octanol–water partition coefficient (Wildman–Crippen LogP) is 2.51. The highest BCUT2D eigenvalue weighted by atomic mass is 35.5. The summed E-state index contributed by atoms with van der Waals surface area (Å²) in [6.45, 7) is 2.01. The molecule has 1 fully saturated rings. The maximum Gasteiger partial charge on any atom is 0.261 e. The monoisotopic (exact) mass is 442 g/mol. The first-order chi connectivity index (χ1) is 13.2. The maximum absolute atomic E-state index is 12.5. The molecule has 2 N–H and O–H groups in total. The Hall–Kier alpha value is -1.94. The van der Waals surface area contributed by atoms with Crippen LogP contribution < -0.4 is 10.6 Å². The van der Waals surface area contributed by atoms with Crippen molar-refractivity contribution < 1.29 is 22.7 Å². The number of sulfone groups is 1. The van der Waals surface area contributed by atoms with Crippen LogP contribution >= 0.6 is 22.9 Å². The Bertz CT molecular complexity index is 1000. The quantitative estimate of drug-likeness (QED) is 0.740. The number of carbonyl (C=O) groups excluding carboxylic acids is 2. The van der Waals surface area contributed by atoms with Gasteiger partial charge in [0.2, 0.25) is 0 Å². The summed E-state index contributed by atoms with van der Waals surface area (Å²) in [7, 11) is -3.12. The van der Waals surface area contributed by atoms with E-state index in [1.54, 1.807) is 37.3 Å². The summed E-state index contributed by atoms with van der Waals surface area (Å²) >= 11 is 7.17. The van der Waals surface area contributed by atoms with Crippen LogP contribution in [0, 0.1) is 6.92 Å². The third-order valence-corrected chi connectivity index (χ3v) is 7.31. The second kappa shape index (κ2) is 8.60. The molecule has 10 heteroatoms. The molecule has 1 aromatic heterocycles. The Balaban J connectivity index is 1.62. The summed E-state index contributed by atoms with van der Waals surface area (Å²) in [5, 5.41) is 6.30. The van der Waals surface area contributed by atoms with E-state index in [4.69, 9.17) is 16.3 Å². The molecular weight excluding hydrogens is 424 g/mol. The summed E-state index contributed by atoms with van der Waals surface area (Å²) in [6.07, 6.45) is -0.553. The number of nitrogens with one attached hydrogen (secondary N) is 2. The number of amides is 2. The molecule has 1 aromatic carbocycles. The molecule has 28 heavy (non-hydrogen) atoms. The first-order valence-electron chi connectivity index (χ1n) is 8.52. The normalized spacial score (nSPS) is 18.4. The number of halogens is 1. The average molecular weight is 443 g/mol. The number of anilines is 1. The number of thiophene rings is 1. The molecule has 1 atom stereocenters. The van der Waals surface area contributed by atoms with Gasteiger partial charge >= 0.3 is 0 Å². The molecule has 0 spiro atoms. The lowest BCUT2D eigenvalue weighted by atomic mass is 10.2. The summed E-state index contributed by atoms with van der Waals surface area (Å²) in [4.78, 5) is 25.2. The van der Waals surface area contributed by atoms with Gasteiger partial charge in [0, 0.05) is 6.54 Å². The van der Waals surface area contributed by atoms with Crippen LogP contribution in [-0.2, 0) is 14.6 Å². The zero-order chi connectivity index (χ0) is 20.3. The molecule has 2 amide bonds. The summed E-state index contributed by atoms with van der Waals surface area (Å²) < 4.78 is 28.7. The van der Waals surface area contributed by atoms with Crippen LogP contribution in [0.3, 0.4) is 0 Å². The number of carbonyl (C=O) groups is 2. The Morgan fingerprint density at radius 3 is 2.75 bits per heavy atom. The molecule has 1 unspecified atom stereocenters. The number of hydrogen-bond acceptors (Lipinski definition) is 6. The number of benzene rings is 1. The van der Waals surface area contributed by atoms with E-state index in [1.165, 1.54) is 0 Å². The smallest absolute Gasteiger partial charge is 0.261 e. The molecule has 150 valence electrons. The minimum atomic E-state index is -3.12. The van der Waals surface area contributed by atoms with Gasteiger partial charge in [0.05, 0.1) is 44.7 Å². The fourth-order valence-corrected chi connectivity index (χ4v) is 5.26. The highest BCUT2D eigenvalue weighted by molar-refractivity contribution is 7.91. The third-order valence-electron chi connectivity index (χ3n) is 4.16. The van der Waals surface area contributed by atoms with Gasteiger partial charge in [-0.15, -0.1) is 11.3 Å². The van der Waals surface area contributed by atoms with Crippen LogP contribution in [-0.4, -0.2) is 51.0 Å². The van der Waals surface area contributed by atoms with Crippen molar-refractivity contribution in [3.8, 4) is 0 Å². The van der Waals surface area contributed by atoms with Crippen molar-refractivity contribution in [1.29, 1.82) is 0 Å². The third kappa shape index (κ3) is 5.11. The Morgan fingerprint density at radius 1 is 1.29 bits per heavy atom. The van der Waals surface area contributed by atoms with E-state index in [0.29, 0.717) is 26.0 Å². The van der Waals surface area contributed by atoms with Crippen molar-refractivity contribution in [3.63, 3.8) is 0 Å². The SMILES string of the molecule is Cc1cc(NC(=O)c2ccccc2Cl)sc1C(=O)NCC1CS(=O)(=O)CCO1. The lowest BCUT2D eigenvalue weighted by Crippen LogP contribution is -2.42. The largest absolute Gasteiger partial charge is 0.374 e. The number of rotatable bonds is 5. The van der Waals surface area contributed by atoms with Crippen molar-refractivity contribution in [2.24, 2.45) is 0 Å². The van der Waals surface area contributed by atoms with Crippen LogP contribution in [0.4, 0.5) is 5.00 Å². The van der Waals surface area contributed by atoms with Gasteiger partial charge in [-0.2, -0.15) is 0 Å². The Kier molecular flexibility index (Phi) is 6.39. The topological polar surface area (TPSA) is 102 Å². The number of ether oxygens (including phenoxy) is 1. The highest BCUT2D eigenvalue weighted by Gasteiger charge is 2.26. The fourth-order valence-electron chi connectivity index (χ4n) is 2.75. The minimum absolute atomic E-state index is 0.00989. The molecule has 2 heterocycles. The number of hydrogen-bond donors (Lipinski definition) is 2. The summed E-state index contributed by atoms with van der Waals surface area (Å²) in [6, 6.07) is 8.40. The van der Waals surface area contributed by atoms with Crippen LogP contribution in [0.1, 0.15) is 25.6 Å². The van der Waals surface area contributed by atoms with Gasteiger partial charge in [0.1, 0.15) is 0 Å². The van der Waals surface area contributed by atoms with Crippen LogP contribution in [0.2, 0.25) is 5.02 Å². The maximum atomic E-state index is 12.5. The van der Waals surface area contributed by atoms with Gasteiger partial charge in [0.15, 0.2) is 9.84 Å². The van der Waals surface area contributed by atoms with Crippen molar-refractivity contribution in [3.05, 3.63) is 51.4 Å². The van der Waals surface area contributed by atoms with E-state index >= 15 is 0 Å². The standard InChI is InChI=1S/C18H19ClN2O5S2/c1-11-8-15(21-17(22)13-4-2-3-5-14(13)19)27-16(11)18(23)20-9-12-10-28(24,25)7-6-26-12/h2-5,8,12H,6-7,9-10H2,1H3,(H,20,23)(H,21,22). The van der Waals surface area contributed by atoms with Crippen molar-refractivity contribution in [2.75, 3.05) is 30.0 Å². The molecule has 0 aliphatic carbocycles. The van der Waals surface area contributed by atoms with Crippen molar-refractivity contribution >= 4 is 49.6 Å². The molecular formula is C18H19ClN2O5S2. The van der Waals surface area contributed by atoms with Crippen molar-refractivity contribution in [1.82, 2.24) is 5.32 Å². The first-order valence-corrected chi connectivity index (χ1v) is 11.5. The van der Waals surface area contributed by atoms with Gasteiger partial charge in [-0.1, -0.05) is 23.7 Å². The molecule has 0 bridgehead atoms. The van der Waals surface area contributed by atoms with Crippen molar-refractivity contribution in [2.45, 2.75) is 13.0 Å². The van der Waals surface area contributed by atoms with Gasteiger partial charge in [-0.25, -0.2) is 8.42 Å². The van der Waals surface area contributed by atoms with E-state index in [0.717, 1.165) is 11.3 Å². The summed E-state index contributed by atoms with van der Waals surface area (Å²) in [5.74, 6) is -0.793. The van der Waals surface area contributed by atoms with E-state index in [-0.39, 0.29) is 36.5 Å². The van der Waals surface area contributed by atoms with Gasteiger partial charge in [-0.3, -0.25) is 9.59 Å². The molecule has 0 radical (unpaired) electrons. The molecule has 0 saturated carbocycles. The van der Waals surface area contributed by atoms with Gasteiger partial charge < -0.3 is 15.4 Å². The van der Waals surface area contributed by atoms with Crippen LogP contribution in [0.25, 0.3) is 0 Å². The zero-order valence-electron chi connectivity index (χ0n) is 15.0. The van der Waals surface area contributed by atoms with Crippen LogP contribution in [0.15, 0.2) is 30.3 Å². The minimum Gasteiger partial charge on any atom is -0.374 e. The second-order valence-corrected chi connectivity index (χ2v) is 10.1. The molecule has 1 saturated heterocycles. The van der Waals surface area contributed by atoms with E-state index in [1.807, 2.05) is 0 Å². The van der Waals surface area contributed by atoms with Crippen LogP contribution in [0.5, 0.6) is 0 Å². The molecule has 1 aliphatic rings. The lowest BCUT2D eigenvalue weighted by Gasteiger charge is -2.22. The molecule has 2 aromatic rings.